The first kappa shape index (κ1) is 14.7. The van der Waals surface area contributed by atoms with Crippen LogP contribution >= 0.6 is 22.9 Å². The number of hydrogen-bond acceptors (Lipinski definition) is 5. The molecule has 19 heavy (non-hydrogen) atoms. The number of carbonyl (C=O) groups excluding carboxylic acids is 1. The number of thiazole rings is 1. The normalized spacial score (nSPS) is 17.7. The molecule has 1 atom stereocenters. The summed E-state index contributed by atoms with van der Waals surface area (Å²) in [6.07, 6.45) is 3.12. The monoisotopic (exact) mass is 323 g/mol. The zero-order valence-corrected chi connectivity index (χ0v) is 12.7. The Kier molecular flexibility index (Phi) is 4.44. The van der Waals surface area contributed by atoms with Crippen molar-refractivity contribution in [2.75, 3.05) is 13.1 Å². The van der Waals surface area contributed by atoms with Crippen molar-refractivity contribution in [2.24, 2.45) is 0 Å². The molecule has 1 aromatic heterocycles. The Morgan fingerprint density at radius 2 is 2.16 bits per heavy atom. The molecule has 106 valence electrons. The number of nitrogens with zero attached hydrogens (tertiary/aromatic N) is 2. The molecule has 1 saturated heterocycles. The predicted molar refractivity (Wildman–Crippen MR) is 72.7 cm³/mol. The second-order valence-corrected chi connectivity index (χ2v) is 7.86. The number of amides is 1. The van der Waals surface area contributed by atoms with Crippen LogP contribution in [0.5, 0.6) is 0 Å². The molecule has 0 bridgehead atoms. The number of carbonyl (C=O) groups is 1. The molecule has 9 heteroatoms. The lowest BCUT2D eigenvalue weighted by Crippen LogP contribution is -2.45. The molecule has 6 nitrogen and oxygen atoms in total. The third-order valence-electron chi connectivity index (χ3n) is 2.84. The average molecular weight is 324 g/mol. The minimum absolute atomic E-state index is 0.0126. The van der Waals surface area contributed by atoms with Crippen molar-refractivity contribution in [3.8, 4) is 0 Å². The van der Waals surface area contributed by atoms with E-state index < -0.39 is 16.1 Å². The summed E-state index contributed by atoms with van der Waals surface area (Å²) in [5.41, 5.74) is 0. The molecule has 0 spiro atoms. The summed E-state index contributed by atoms with van der Waals surface area (Å²) in [7, 11) is -3.74. The maximum Gasteiger partial charge on any atom is 0.252 e. The second kappa shape index (κ2) is 5.74. The van der Waals surface area contributed by atoms with E-state index in [0.717, 1.165) is 24.2 Å². The van der Waals surface area contributed by atoms with E-state index in [1.54, 1.807) is 11.8 Å². The Bertz CT molecular complexity index is 566. The number of rotatable bonds is 4. The van der Waals surface area contributed by atoms with Crippen LogP contribution in [0, 0.1) is 0 Å². The maximum absolute atomic E-state index is 12.0. The van der Waals surface area contributed by atoms with E-state index in [1.165, 1.54) is 6.20 Å². The topological polar surface area (TPSA) is 79.4 Å². The SMILES string of the molecule is CC(NS(=O)(=O)c1cnc(Cl)s1)C(=O)N1CCCC1. The first-order valence-corrected chi connectivity index (χ1v) is 8.50. The first-order chi connectivity index (χ1) is 8.90. The number of aromatic nitrogens is 1. The van der Waals surface area contributed by atoms with Gasteiger partial charge in [0.15, 0.2) is 8.68 Å². The van der Waals surface area contributed by atoms with E-state index in [4.69, 9.17) is 11.6 Å². The number of hydrogen-bond donors (Lipinski definition) is 1. The number of halogens is 1. The van der Waals surface area contributed by atoms with Crippen molar-refractivity contribution < 1.29 is 13.2 Å². The van der Waals surface area contributed by atoms with Gasteiger partial charge >= 0.3 is 0 Å². The lowest BCUT2D eigenvalue weighted by molar-refractivity contribution is -0.131. The summed E-state index contributed by atoms with van der Waals surface area (Å²) in [4.78, 5) is 17.4. The molecular formula is C10H14ClN3O3S2. The summed E-state index contributed by atoms with van der Waals surface area (Å²) in [6.45, 7) is 2.93. The average Bonchev–Trinajstić information content (AvgIpc) is 2.97. The minimum atomic E-state index is -3.74. The van der Waals surface area contributed by atoms with Gasteiger partial charge in [-0.15, -0.1) is 0 Å². The van der Waals surface area contributed by atoms with Crippen LogP contribution in [-0.4, -0.2) is 43.3 Å². The van der Waals surface area contributed by atoms with Crippen molar-refractivity contribution in [3.05, 3.63) is 10.7 Å². The van der Waals surface area contributed by atoms with Gasteiger partial charge in [0.25, 0.3) is 10.0 Å². The highest BCUT2D eigenvalue weighted by molar-refractivity contribution is 7.91. The fourth-order valence-electron chi connectivity index (χ4n) is 1.92. The van der Waals surface area contributed by atoms with Gasteiger partial charge in [0.05, 0.1) is 12.2 Å². The molecule has 1 unspecified atom stereocenters. The van der Waals surface area contributed by atoms with Gasteiger partial charge < -0.3 is 4.90 Å². The molecule has 1 N–H and O–H groups in total. The lowest BCUT2D eigenvalue weighted by atomic mass is 10.3. The van der Waals surface area contributed by atoms with Gasteiger partial charge in [0.2, 0.25) is 5.91 Å². The molecule has 1 aliphatic heterocycles. The molecule has 1 aromatic rings. The highest BCUT2D eigenvalue weighted by Crippen LogP contribution is 2.22. The second-order valence-electron chi connectivity index (χ2n) is 4.31. The molecule has 1 aliphatic rings. The molecule has 0 saturated carbocycles. The Morgan fingerprint density at radius 1 is 1.53 bits per heavy atom. The van der Waals surface area contributed by atoms with Crippen LogP contribution in [0.25, 0.3) is 0 Å². The zero-order valence-electron chi connectivity index (χ0n) is 10.3. The predicted octanol–water partition coefficient (Wildman–Crippen LogP) is 1.09. The fourth-order valence-corrected chi connectivity index (χ4v) is 4.42. The Labute approximate surface area is 120 Å². The van der Waals surface area contributed by atoms with E-state index in [0.29, 0.717) is 13.1 Å². The summed E-state index contributed by atoms with van der Waals surface area (Å²) in [6, 6.07) is -0.788. The van der Waals surface area contributed by atoms with Gasteiger partial charge in [0, 0.05) is 13.1 Å². The van der Waals surface area contributed by atoms with E-state index in [-0.39, 0.29) is 14.6 Å². The van der Waals surface area contributed by atoms with Crippen molar-refractivity contribution in [1.29, 1.82) is 0 Å². The molecule has 0 radical (unpaired) electrons. The fraction of sp³-hybridized carbons (Fsp3) is 0.600. The van der Waals surface area contributed by atoms with Gasteiger partial charge in [0.1, 0.15) is 0 Å². The largest absolute Gasteiger partial charge is 0.341 e. The molecule has 0 aliphatic carbocycles. The Balaban J connectivity index is 2.05. The molecule has 2 rings (SSSR count). The van der Waals surface area contributed by atoms with Crippen molar-refractivity contribution >= 4 is 38.9 Å². The van der Waals surface area contributed by atoms with Crippen LogP contribution in [0.4, 0.5) is 0 Å². The van der Waals surface area contributed by atoms with Gasteiger partial charge in [-0.05, 0) is 19.8 Å². The van der Waals surface area contributed by atoms with E-state index in [2.05, 4.69) is 9.71 Å². The van der Waals surface area contributed by atoms with E-state index >= 15 is 0 Å². The van der Waals surface area contributed by atoms with E-state index in [9.17, 15) is 13.2 Å². The quantitative estimate of drug-likeness (QED) is 0.899. The third kappa shape index (κ3) is 3.44. The molecule has 1 amide bonds. The van der Waals surface area contributed by atoms with Gasteiger partial charge in [-0.1, -0.05) is 22.9 Å². The van der Waals surface area contributed by atoms with Crippen molar-refractivity contribution in [1.82, 2.24) is 14.6 Å². The highest BCUT2D eigenvalue weighted by atomic mass is 35.5. The van der Waals surface area contributed by atoms with Crippen molar-refractivity contribution in [3.63, 3.8) is 0 Å². The van der Waals surface area contributed by atoms with Gasteiger partial charge in [-0.25, -0.2) is 13.4 Å². The zero-order chi connectivity index (χ0) is 14.0. The van der Waals surface area contributed by atoms with Gasteiger partial charge in [-0.3, -0.25) is 4.79 Å². The summed E-state index contributed by atoms with van der Waals surface area (Å²) in [5.74, 6) is -0.198. The summed E-state index contributed by atoms with van der Waals surface area (Å²) < 4.78 is 26.5. The van der Waals surface area contributed by atoms with Crippen LogP contribution in [-0.2, 0) is 14.8 Å². The van der Waals surface area contributed by atoms with E-state index in [1.807, 2.05) is 0 Å². The Hall–Kier alpha value is -0.700. The summed E-state index contributed by atoms with van der Waals surface area (Å²) in [5, 5.41) is 0. The molecule has 1 fully saturated rings. The number of likely N-dealkylation sites (tertiary alicyclic amines) is 1. The van der Waals surface area contributed by atoms with Crippen LogP contribution in [0.15, 0.2) is 10.4 Å². The molecule has 0 aromatic carbocycles. The van der Waals surface area contributed by atoms with Gasteiger partial charge in [-0.2, -0.15) is 4.72 Å². The van der Waals surface area contributed by atoms with Crippen LogP contribution in [0.2, 0.25) is 4.47 Å². The number of nitrogens with one attached hydrogen (secondary N) is 1. The lowest BCUT2D eigenvalue weighted by Gasteiger charge is -2.20. The van der Waals surface area contributed by atoms with Crippen LogP contribution in [0.3, 0.4) is 0 Å². The minimum Gasteiger partial charge on any atom is -0.341 e. The number of sulfonamides is 1. The molecule has 2 heterocycles. The summed E-state index contributed by atoms with van der Waals surface area (Å²) >= 11 is 6.47. The Morgan fingerprint density at radius 3 is 2.68 bits per heavy atom. The first-order valence-electron chi connectivity index (χ1n) is 5.82. The smallest absolute Gasteiger partial charge is 0.252 e. The maximum atomic E-state index is 12.0. The third-order valence-corrected chi connectivity index (χ3v) is 5.96. The van der Waals surface area contributed by atoms with Crippen LogP contribution in [0.1, 0.15) is 19.8 Å². The highest BCUT2D eigenvalue weighted by Gasteiger charge is 2.28. The standard InChI is InChI=1S/C10H14ClN3O3S2/c1-7(9(15)14-4-2-3-5-14)13-19(16,17)8-6-12-10(11)18-8/h6-7,13H,2-5H2,1H3. The van der Waals surface area contributed by atoms with Crippen LogP contribution < -0.4 is 4.72 Å². The van der Waals surface area contributed by atoms with Crippen molar-refractivity contribution in [2.45, 2.75) is 30.0 Å². The molecular weight excluding hydrogens is 310 g/mol.